The first kappa shape index (κ1) is 16.8. The molecule has 1 aliphatic heterocycles. The van der Waals surface area contributed by atoms with E-state index in [0.29, 0.717) is 23.4 Å². The van der Waals surface area contributed by atoms with Gasteiger partial charge in [0.1, 0.15) is 5.75 Å². The number of rotatable bonds is 4. The molecule has 22 heavy (non-hydrogen) atoms. The smallest absolute Gasteiger partial charge is 0.495 e. The molecule has 0 saturated carbocycles. The van der Waals surface area contributed by atoms with Crippen LogP contribution in [0.15, 0.2) is 18.2 Å². The first-order chi connectivity index (χ1) is 10.2. The zero-order chi connectivity index (χ0) is 16.5. The maximum atomic E-state index is 12.2. The quantitative estimate of drug-likeness (QED) is 0.630. The SMILES string of the molecule is CCOC(=O)c1cc(OC)ccc1B1OC(C)(C)C(C)(C)O1. The minimum Gasteiger partial charge on any atom is -0.497 e. The van der Waals surface area contributed by atoms with Crippen LogP contribution in [0.2, 0.25) is 0 Å². The van der Waals surface area contributed by atoms with Gasteiger partial charge in [0.05, 0.1) is 30.5 Å². The van der Waals surface area contributed by atoms with E-state index in [2.05, 4.69) is 0 Å². The number of esters is 1. The summed E-state index contributed by atoms with van der Waals surface area (Å²) in [4.78, 5) is 12.2. The van der Waals surface area contributed by atoms with E-state index < -0.39 is 24.3 Å². The third-order valence-electron chi connectivity index (χ3n) is 4.26. The van der Waals surface area contributed by atoms with Crippen molar-refractivity contribution < 1.29 is 23.6 Å². The van der Waals surface area contributed by atoms with Crippen LogP contribution in [0, 0.1) is 0 Å². The molecule has 5 nitrogen and oxygen atoms in total. The Morgan fingerprint density at radius 3 is 2.27 bits per heavy atom. The van der Waals surface area contributed by atoms with Crippen LogP contribution in [0.3, 0.4) is 0 Å². The monoisotopic (exact) mass is 306 g/mol. The van der Waals surface area contributed by atoms with Crippen LogP contribution in [0.4, 0.5) is 0 Å². The van der Waals surface area contributed by atoms with Gasteiger partial charge in [0.15, 0.2) is 0 Å². The molecular weight excluding hydrogens is 283 g/mol. The molecule has 0 unspecified atom stereocenters. The number of hydrogen-bond donors (Lipinski definition) is 0. The van der Waals surface area contributed by atoms with Crippen LogP contribution in [0.5, 0.6) is 5.75 Å². The van der Waals surface area contributed by atoms with E-state index in [1.54, 1.807) is 32.2 Å². The van der Waals surface area contributed by atoms with E-state index in [0.717, 1.165) is 0 Å². The van der Waals surface area contributed by atoms with Crippen LogP contribution in [0.25, 0.3) is 0 Å². The van der Waals surface area contributed by atoms with Crippen molar-refractivity contribution in [3.8, 4) is 5.75 Å². The van der Waals surface area contributed by atoms with Gasteiger partial charge in [-0.15, -0.1) is 0 Å². The number of carbonyl (C=O) groups is 1. The van der Waals surface area contributed by atoms with Crippen LogP contribution in [-0.4, -0.2) is 38.0 Å². The number of benzene rings is 1. The fourth-order valence-electron chi connectivity index (χ4n) is 2.22. The van der Waals surface area contributed by atoms with Crippen molar-refractivity contribution in [2.75, 3.05) is 13.7 Å². The second-order valence-corrected chi connectivity index (χ2v) is 6.26. The van der Waals surface area contributed by atoms with Gasteiger partial charge in [0.25, 0.3) is 0 Å². The van der Waals surface area contributed by atoms with E-state index in [4.69, 9.17) is 18.8 Å². The zero-order valence-electron chi connectivity index (χ0n) is 14.1. The fourth-order valence-corrected chi connectivity index (χ4v) is 2.22. The molecule has 6 heteroatoms. The molecule has 1 aromatic carbocycles. The van der Waals surface area contributed by atoms with E-state index in [9.17, 15) is 4.79 Å². The van der Waals surface area contributed by atoms with E-state index in [1.165, 1.54) is 0 Å². The molecule has 1 heterocycles. The summed E-state index contributed by atoms with van der Waals surface area (Å²) >= 11 is 0. The Labute approximate surface area is 132 Å². The standard InChI is InChI=1S/C16H23BO5/c1-7-20-14(18)12-10-11(19-6)8-9-13(12)17-21-15(2,3)16(4,5)22-17/h8-10H,7H2,1-6H3. The highest BCUT2D eigenvalue weighted by Crippen LogP contribution is 2.36. The first-order valence-corrected chi connectivity index (χ1v) is 7.42. The highest BCUT2D eigenvalue weighted by Gasteiger charge is 2.52. The van der Waals surface area contributed by atoms with Gasteiger partial charge < -0.3 is 18.8 Å². The number of ether oxygens (including phenoxy) is 2. The Bertz CT molecular complexity index is 552. The average molecular weight is 306 g/mol. The molecule has 1 saturated heterocycles. The molecule has 1 fully saturated rings. The average Bonchev–Trinajstić information content (AvgIpc) is 2.67. The zero-order valence-corrected chi connectivity index (χ0v) is 14.1. The third-order valence-corrected chi connectivity index (χ3v) is 4.26. The van der Waals surface area contributed by atoms with Crippen molar-refractivity contribution in [3.63, 3.8) is 0 Å². The van der Waals surface area contributed by atoms with Crippen molar-refractivity contribution in [2.24, 2.45) is 0 Å². The molecule has 1 aromatic rings. The molecule has 0 aliphatic carbocycles. The Kier molecular flexibility index (Phi) is 4.54. The molecule has 0 radical (unpaired) electrons. The van der Waals surface area contributed by atoms with Crippen LogP contribution >= 0.6 is 0 Å². The molecule has 0 amide bonds. The Balaban J connectivity index is 2.41. The maximum Gasteiger partial charge on any atom is 0.495 e. The van der Waals surface area contributed by atoms with Crippen LogP contribution in [-0.2, 0) is 14.0 Å². The lowest BCUT2D eigenvalue weighted by molar-refractivity contribution is 0.00578. The van der Waals surface area contributed by atoms with Gasteiger partial charge in [-0.05, 0) is 52.2 Å². The van der Waals surface area contributed by atoms with Gasteiger partial charge >= 0.3 is 13.1 Å². The summed E-state index contributed by atoms with van der Waals surface area (Å²) in [6.07, 6.45) is 0. The fraction of sp³-hybridized carbons (Fsp3) is 0.562. The van der Waals surface area contributed by atoms with Crippen molar-refractivity contribution in [1.29, 1.82) is 0 Å². The number of methoxy groups -OCH3 is 1. The van der Waals surface area contributed by atoms with Crippen LogP contribution < -0.4 is 10.2 Å². The summed E-state index contributed by atoms with van der Waals surface area (Å²) in [5.74, 6) is 0.175. The van der Waals surface area contributed by atoms with Gasteiger partial charge in [-0.3, -0.25) is 0 Å². The first-order valence-electron chi connectivity index (χ1n) is 7.42. The van der Waals surface area contributed by atoms with Crippen molar-refractivity contribution in [3.05, 3.63) is 23.8 Å². The van der Waals surface area contributed by atoms with E-state index >= 15 is 0 Å². The molecule has 0 spiro atoms. The number of carbonyl (C=O) groups excluding carboxylic acids is 1. The second-order valence-electron chi connectivity index (χ2n) is 6.26. The van der Waals surface area contributed by atoms with Crippen LogP contribution in [0.1, 0.15) is 45.0 Å². The van der Waals surface area contributed by atoms with Crippen molar-refractivity contribution >= 4 is 18.6 Å². The molecule has 2 rings (SSSR count). The number of hydrogen-bond acceptors (Lipinski definition) is 5. The Hall–Kier alpha value is -1.53. The molecule has 120 valence electrons. The summed E-state index contributed by atoms with van der Waals surface area (Å²) in [7, 11) is 0.939. The lowest BCUT2D eigenvalue weighted by Gasteiger charge is -2.32. The molecule has 0 aromatic heterocycles. The van der Waals surface area contributed by atoms with Crippen molar-refractivity contribution in [2.45, 2.75) is 45.8 Å². The minimum absolute atomic E-state index is 0.304. The van der Waals surface area contributed by atoms with Gasteiger partial charge in [0, 0.05) is 0 Å². The molecule has 0 N–H and O–H groups in total. The molecule has 0 bridgehead atoms. The highest BCUT2D eigenvalue weighted by molar-refractivity contribution is 6.63. The summed E-state index contributed by atoms with van der Waals surface area (Å²) < 4.78 is 22.4. The predicted molar refractivity (Wildman–Crippen MR) is 84.7 cm³/mol. The topological polar surface area (TPSA) is 54.0 Å². The van der Waals surface area contributed by atoms with E-state index in [-0.39, 0.29) is 0 Å². The summed E-state index contributed by atoms with van der Waals surface area (Å²) in [5.41, 5.74) is 0.116. The molecular formula is C16H23BO5. The Morgan fingerprint density at radius 2 is 1.77 bits per heavy atom. The Morgan fingerprint density at radius 1 is 1.18 bits per heavy atom. The highest BCUT2D eigenvalue weighted by atomic mass is 16.7. The summed E-state index contributed by atoms with van der Waals surface area (Å²) in [6, 6.07) is 5.22. The lowest BCUT2D eigenvalue weighted by atomic mass is 9.76. The lowest BCUT2D eigenvalue weighted by Crippen LogP contribution is -2.41. The molecule has 1 aliphatic rings. The molecule has 0 atom stereocenters. The normalized spacial score (nSPS) is 19.1. The van der Waals surface area contributed by atoms with Crippen molar-refractivity contribution in [1.82, 2.24) is 0 Å². The summed E-state index contributed by atoms with van der Waals surface area (Å²) in [6.45, 7) is 9.97. The predicted octanol–water partition coefficient (Wildman–Crippen LogP) is 2.17. The van der Waals surface area contributed by atoms with Gasteiger partial charge in [-0.2, -0.15) is 0 Å². The van der Waals surface area contributed by atoms with Gasteiger partial charge in [-0.25, -0.2) is 4.79 Å². The third kappa shape index (κ3) is 2.98. The van der Waals surface area contributed by atoms with E-state index in [1.807, 2.05) is 27.7 Å². The summed E-state index contributed by atoms with van der Waals surface area (Å²) in [5, 5.41) is 0. The van der Waals surface area contributed by atoms with Gasteiger partial charge in [0.2, 0.25) is 0 Å². The largest absolute Gasteiger partial charge is 0.497 e. The van der Waals surface area contributed by atoms with Gasteiger partial charge in [-0.1, -0.05) is 6.07 Å². The minimum atomic E-state index is -0.615. The maximum absolute atomic E-state index is 12.2. The second kappa shape index (κ2) is 5.93.